The van der Waals surface area contributed by atoms with Crippen molar-refractivity contribution in [3.63, 3.8) is 0 Å². The highest BCUT2D eigenvalue weighted by Gasteiger charge is 2.51. The second-order valence-corrected chi connectivity index (χ2v) is 7.91. The Morgan fingerprint density at radius 1 is 0.941 bits per heavy atom. The molecule has 3 fully saturated rings. The van der Waals surface area contributed by atoms with Crippen molar-refractivity contribution < 1.29 is 4.79 Å². The van der Waals surface area contributed by atoms with E-state index < -0.39 is 0 Å². The van der Waals surface area contributed by atoms with Gasteiger partial charge in [-0.1, -0.05) is 52.9 Å². The van der Waals surface area contributed by atoms with Crippen LogP contribution in [0, 0.1) is 5.41 Å². The summed E-state index contributed by atoms with van der Waals surface area (Å²) in [5.41, 5.74) is 0.893. The predicted octanol–water partition coefficient (Wildman–Crippen LogP) is 4.40. The van der Waals surface area contributed by atoms with Crippen LogP contribution in [0.25, 0.3) is 0 Å². The highest BCUT2D eigenvalue weighted by atomic mass is 127. The van der Waals surface area contributed by atoms with E-state index in [1.54, 1.807) is 0 Å². The molecular weight excluding hydrogens is 323 g/mol. The second kappa shape index (κ2) is 4.08. The maximum Gasteiger partial charge on any atom is 0.169 e. The fourth-order valence-electron chi connectivity index (χ4n) is 3.38. The van der Waals surface area contributed by atoms with Crippen molar-refractivity contribution in [2.24, 2.45) is 5.41 Å². The quantitative estimate of drug-likeness (QED) is 0.443. The zero-order valence-electron chi connectivity index (χ0n) is 9.92. The third-order valence-electron chi connectivity index (χ3n) is 4.67. The lowest BCUT2D eigenvalue weighted by molar-refractivity contribution is 0.0526. The lowest BCUT2D eigenvalue weighted by atomic mass is 9.58. The van der Waals surface area contributed by atoms with Gasteiger partial charge in [-0.15, -0.1) is 0 Å². The molecule has 2 heteroatoms. The third kappa shape index (κ3) is 1.94. The van der Waals surface area contributed by atoms with Gasteiger partial charge in [0.1, 0.15) is 0 Å². The molecule has 3 saturated carbocycles. The van der Waals surface area contributed by atoms with E-state index in [2.05, 4.69) is 22.6 Å². The van der Waals surface area contributed by atoms with Crippen molar-refractivity contribution in [1.29, 1.82) is 0 Å². The predicted molar refractivity (Wildman–Crippen MR) is 77.7 cm³/mol. The average Bonchev–Trinajstić information content (AvgIpc) is 2.40. The minimum atomic E-state index is -0.0196. The molecule has 0 radical (unpaired) electrons. The summed E-state index contributed by atoms with van der Waals surface area (Å²) in [6, 6.07) is 9.86. The number of benzene rings is 1. The first-order chi connectivity index (χ1) is 8.14. The number of rotatable bonds is 2. The van der Waals surface area contributed by atoms with Gasteiger partial charge in [-0.25, -0.2) is 0 Å². The molecule has 1 aromatic rings. The lowest BCUT2D eigenvalue weighted by Crippen LogP contribution is -2.46. The molecule has 0 aliphatic heterocycles. The van der Waals surface area contributed by atoms with E-state index >= 15 is 0 Å². The van der Waals surface area contributed by atoms with Crippen LogP contribution in [-0.2, 0) is 0 Å². The molecule has 0 saturated heterocycles. The van der Waals surface area contributed by atoms with Crippen LogP contribution < -0.4 is 0 Å². The van der Waals surface area contributed by atoms with Crippen molar-refractivity contribution in [3.05, 3.63) is 35.9 Å². The van der Waals surface area contributed by atoms with E-state index in [-0.39, 0.29) is 5.41 Å². The van der Waals surface area contributed by atoms with Gasteiger partial charge in [0.2, 0.25) is 0 Å². The molecule has 0 N–H and O–H groups in total. The Bertz CT molecular complexity index is 413. The van der Waals surface area contributed by atoms with Gasteiger partial charge in [-0.05, 0) is 38.5 Å². The van der Waals surface area contributed by atoms with Crippen molar-refractivity contribution in [2.45, 2.75) is 41.9 Å². The number of Topliss-reactive ketones (excluding diaryl/α,β-unsaturated/α-hetero) is 1. The number of alkyl halides is 1. The van der Waals surface area contributed by atoms with Gasteiger partial charge >= 0.3 is 0 Å². The number of hydrogen-bond donors (Lipinski definition) is 0. The van der Waals surface area contributed by atoms with E-state index in [0.29, 0.717) is 9.20 Å². The first kappa shape index (κ1) is 11.7. The van der Waals surface area contributed by atoms with Gasteiger partial charge in [-0.3, -0.25) is 4.79 Å². The molecule has 0 aromatic heterocycles. The molecule has 0 unspecified atom stereocenters. The van der Waals surface area contributed by atoms with Crippen molar-refractivity contribution in [2.75, 3.05) is 0 Å². The molecule has 0 atom stereocenters. The molecule has 2 bridgehead atoms. The van der Waals surface area contributed by atoms with Gasteiger partial charge in [-0.2, -0.15) is 0 Å². The maximum atomic E-state index is 12.7. The first-order valence-corrected chi connectivity index (χ1v) is 7.50. The number of ketones is 1. The van der Waals surface area contributed by atoms with Gasteiger partial charge in [0.05, 0.1) is 0 Å². The summed E-state index contributed by atoms with van der Waals surface area (Å²) >= 11 is 2.63. The Morgan fingerprint density at radius 2 is 1.47 bits per heavy atom. The van der Waals surface area contributed by atoms with E-state index in [1.165, 1.54) is 19.3 Å². The Labute approximate surface area is 116 Å². The van der Waals surface area contributed by atoms with E-state index in [1.807, 2.05) is 30.3 Å². The van der Waals surface area contributed by atoms with E-state index in [4.69, 9.17) is 0 Å². The molecule has 4 rings (SSSR count). The summed E-state index contributed by atoms with van der Waals surface area (Å²) in [6.45, 7) is 0. The zero-order chi connectivity index (χ0) is 11.9. The molecule has 0 heterocycles. The highest BCUT2D eigenvalue weighted by Crippen LogP contribution is 2.57. The average molecular weight is 340 g/mol. The Balaban J connectivity index is 1.88. The van der Waals surface area contributed by atoms with Crippen molar-refractivity contribution in [1.82, 2.24) is 0 Å². The fourth-order valence-corrected chi connectivity index (χ4v) is 4.19. The van der Waals surface area contributed by atoms with Crippen molar-refractivity contribution >= 4 is 28.4 Å². The van der Waals surface area contributed by atoms with E-state index in [0.717, 1.165) is 24.8 Å². The summed E-state index contributed by atoms with van der Waals surface area (Å²) < 4.78 is 0.510. The monoisotopic (exact) mass is 340 g/mol. The largest absolute Gasteiger partial charge is 0.294 e. The maximum absolute atomic E-state index is 12.7. The fraction of sp³-hybridized carbons (Fsp3) is 0.533. The Hall–Kier alpha value is -0.380. The normalized spacial score (nSPS) is 35.8. The number of carbonyl (C=O) groups is 1. The minimum Gasteiger partial charge on any atom is -0.294 e. The second-order valence-electron chi connectivity index (χ2n) is 5.63. The topological polar surface area (TPSA) is 17.1 Å². The molecule has 0 spiro atoms. The van der Waals surface area contributed by atoms with Crippen molar-refractivity contribution in [3.8, 4) is 0 Å². The van der Waals surface area contributed by atoms with Gasteiger partial charge in [0.15, 0.2) is 5.78 Å². The molecular formula is C15H17IO. The van der Waals surface area contributed by atoms with Gasteiger partial charge in [0.25, 0.3) is 0 Å². The summed E-state index contributed by atoms with van der Waals surface area (Å²) in [5, 5.41) is 0. The number of fused-ring (bicyclic) bond motifs is 3. The van der Waals surface area contributed by atoms with Crippen LogP contribution in [0.2, 0.25) is 0 Å². The number of halogens is 1. The summed E-state index contributed by atoms with van der Waals surface area (Å²) in [7, 11) is 0. The summed E-state index contributed by atoms with van der Waals surface area (Å²) in [5.74, 6) is 0.399. The van der Waals surface area contributed by atoms with Crippen LogP contribution in [0.5, 0.6) is 0 Å². The van der Waals surface area contributed by atoms with Crippen LogP contribution in [0.3, 0.4) is 0 Å². The van der Waals surface area contributed by atoms with Gasteiger partial charge in [0, 0.05) is 14.4 Å². The van der Waals surface area contributed by atoms with E-state index in [9.17, 15) is 4.79 Å². The smallest absolute Gasteiger partial charge is 0.169 e. The molecule has 3 aliphatic rings. The van der Waals surface area contributed by atoms with Crippen LogP contribution in [0.15, 0.2) is 30.3 Å². The molecule has 1 nitrogen and oxygen atoms in total. The number of carbonyl (C=O) groups excluding carboxylic acids is 1. The number of hydrogen-bond acceptors (Lipinski definition) is 1. The van der Waals surface area contributed by atoms with Gasteiger partial charge < -0.3 is 0 Å². The summed E-state index contributed by atoms with van der Waals surface area (Å²) in [4.78, 5) is 12.7. The first-order valence-electron chi connectivity index (χ1n) is 6.43. The minimum absolute atomic E-state index is 0.0196. The Morgan fingerprint density at radius 3 is 2.00 bits per heavy atom. The zero-order valence-corrected chi connectivity index (χ0v) is 12.1. The molecule has 17 heavy (non-hydrogen) atoms. The summed E-state index contributed by atoms with van der Waals surface area (Å²) in [6.07, 6.45) is 6.99. The highest BCUT2D eigenvalue weighted by molar-refractivity contribution is 14.1. The van der Waals surface area contributed by atoms with Crippen LogP contribution in [0.4, 0.5) is 0 Å². The molecule has 0 amide bonds. The molecule has 1 aromatic carbocycles. The third-order valence-corrected chi connectivity index (χ3v) is 6.29. The van der Waals surface area contributed by atoms with Crippen LogP contribution in [-0.4, -0.2) is 9.20 Å². The van der Waals surface area contributed by atoms with Crippen LogP contribution >= 0.6 is 22.6 Å². The lowest BCUT2D eigenvalue weighted by Gasteiger charge is -2.50. The Kier molecular flexibility index (Phi) is 2.80. The molecule has 3 aliphatic carbocycles. The SMILES string of the molecule is O=C(c1ccccc1)C12CCC(I)(CC1)CC2. The standard InChI is InChI=1S/C15H17IO/c16-15-9-6-14(7-10-15,8-11-15)13(17)12-4-2-1-3-5-12/h1-5H,6-11H2. The van der Waals surface area contributed by atoms with Crippen LogP contribution in [0.1, 0.15) is 48.9 Å². The molecule has 90 valence electrons.